The quantitative estimate of drug-likeness (QED) is 0.412. The van der Waals surface area contributed by atoms with Gasteiger partial charge in [0.25, 0.3) is 11.5 Å². The lowest BCUT2D eigenvalue weighted by molar-refractivity contribution is 0.0950. The highest BCUT2D eigenvalue weighted by Crippen LogP contribution is 2.45. The standard InChI is InChI=1S/C26H24F2N4O4S/c1-4-29-25(33)23-18-12-32(21-8-6-15(27)10-19(21)28)20-7-5-14(13-37(3,35)36)9-16(20)17-11-31(2)26(34)24(30-23)22(17)18/h5-11,30H,4,12-13H2,1-3H3,(H,29,33). The van der Waals surface area contributed by atoms with Crippen LogP contribution in [-0.4, -0.2) is 36.7 Å². The summed E-state index contributed by atoms with van der Waals surface area (Å²) in [7, 11) is -1.78. The summed E-state index contributed by atoms with van der Waals surface area (Å²) >= 11 is 0. The van der Waals surface area contributed by atoms with Crippen LogP contribution >= 0.6 is 0 Å². The van der Waals surface area contributed by atoms with Crippen molar-refractivity contribution in [1.82, 2.24) is 14.9 Å². The van der Waals surface area contributed by atoms with Crippen molar-refractivity contribution in [2.45, 2.75) is 19.2 Å². The van der Waals surface area contributed by atoms with E-state index in [-0.39, 0.29) is 34.8 Å². The van der Waals surface area contributed by atoms with Crippen molar-refractivity contribution >= 4 is 38.0 Å². The maximum atomic E-state index is 15.1. The number of benzene rings is 2. The maximum absolute atomic E-state index is 15.1. The van der Waals surface area contributed by atoms with Gasteiger partial charge in [0.2, 0.25) is 0 Å². The van der Waals surface area contributed by atoms with Crippen LogP contribution in [-0.2, 0) is 29.2 Å². The second-order valence-electron chi connectivity index (χ2n) is 9.15. The van der Waals surface area contributed by atoms with Crippen molar-refractivity contribution in [1.29, 1.82) is 0 Å². The van der Waals surface area contributed by atoms with Crippen LogP contribution in [0.4, 0.5) is 20.2 Å². The molecule has 0 saturated carbocycles. The van der Waals surface area contributed by atoms with E-state index >= 15 is 4.39 Å². The fraction of sp³-hybridized carbons (Fsp3) is 0.231. The van der Waals surface area contributed by atoms with Crippen LogP contribution in [0.5, 0.6) is 0 Å². The van der Waals surface area contributed by atoms with Crippen molar-refractivity contribution in [3.63, 3.8) is 0 Å². The zero-order valence-corrected chi connectivity index (χ0v) is 21.2. The summed E-state index contributed by atoms with van der Waals surface area (Å²) in [6, 6.07) is 8.23. The number of hydrogen-bond donors (Lipinski definition) is 2. The topological polar surface area (TPSA) is 104 Å². The average molecular weight is 527 g/mol. The predicted octanol–water partition coefficient (Wildman–Crippen LogP) is 3.76. The van der Waals surface area contributed by atoms with Crippen LogP contribution in [0.3, 0.4) is 0 Å². The minimum atomic E-state index is -3.36. The first kappa shape index (κ1) is 24.7. The molecular weight excluding hydrogens is 502 g/mol. The molecule has 37 heavy (non-hydrogen) atoms. The van der Waals surface area contributed by atoms with Gasteiger partial charge in [-0.2, -0.15) is 0 Å². The summed E-state index contributed by atoms with van der Waals surface area (Å²) in [5, 5.41) is 3.23. The first-order valence-electron chi connectivity index (χ1n) is 11.5. The number of halogens is 2. The summed E-state index contributed by atoms with van der Waals surface area (Å²) in [6.45, 7) is 2.11. The fourth-order valence-corrected chi connectivity index (χ4v) is 5.66. The number of fused-ring (bicyclic) bond motifs is 2. The molecule has 192 valence electrons. The van der Waals surface area contributed by atoms with Gasteiger partial charge in [-0.15, -0.1) is 0 Å². The lowest BCUT2D eigenvalue weighted by Gasteiger charge is -2.27. The lowest BCUT2D eigenvalue weighted by Crippen LogP contribution is -2.26. The van der Waals surface area contributed by atoms with Gasteiger partial charge in [0.1, 0.15) is 22.8 Å². The van der Waals surface area contributed by atoms with Crippen LogP contribution in [0.1, 0.15) is 28.5 Å². The Balaban J connectivity index is 1.89. The first-order chi connectivity index (χ1) is 17.5. The van der Waals surface area contributed by atoms with Crippen LogP contribution in [0.15, 0.2) is 47.4 Å². The zero-order chi connectivity index (χ0) is 26.6. The van der Waals surface area contributed by atoms with E-state index in [9.17, 15) is 22.4 Å². The third kappa shape index (κ3) is 4.29. The van der Waals surface area contributed by atoms with Crippen molar-refractivity contribution in [3.8, 4) is 11.1 Å². The molecule has 0 spiro atoms. The number of carbonyl (C=O) groups excluding carboxylic acids is 1. The number of pyridine rings is 1. The third-order valence-corrected chi connectivity index (χ3v) is 7.24. The van der Waals surface area contributed by atoms with Crippen molar-refractivity contribution in [2.75, 3.05) is 17.7 Å². The molecule has 0 aliphatic carbocycles. The van der Waals surface area contributed by atoms with E-state index in [2.05, 4.69) is 10.3 Å². The Morgan fingerprint density at radius 3 is 2.51 bits per heavy atom. The second kappa shape index (κ2) is 8.84. The van der Waals surface area contributed by atoms with E-state index in [0.29, 0.717) is 39.9 Å². The smallest absolute Gasteiger partial charge is 0.274 e. The number of aryl methyl sites for hydroxylation is 1. The largest absolute Gasteiger partial charge is 0.351 e. The van der Waals surface area contributed by atoms with E-state index in [1.54, 1.807) is 43.3 Å². The predicted molar refractivity (Wildman–Crippen MR) is 138 cm³/mol. The van der Waals surface area contributed by atoms with Crippen LogP contribution in [0.2, 0.25) is 0 Å². The van der Waals surface area contributed by atoms with E-state index in [4.69, 9.17) is 0 Å². The summed E-state index contributed by atoms with van der Waals surface area (Å²) in [5.41, 5.74) is 2.69. The van der Waals surface area contributed by atoms with Gasteiger partial charge in [-0.05, 0) is 36.8 Å². The maximum Gasteiger partial charge on any atom is 0.274 e. The number of amides is 1. The molecule has 5 rings (SSSR count). The summed E-state index contributed by atoms with van der Waals surface area (Å²) < 4.78 is 54.3. The fourth-order valence-electron chi connectivity index (χ4n) is 4.88. The summed E-state index contributed by atoms with van der Waals surface area (Å²) in [5.74, 6) is -2.19. The molecule has 2 N–H and O–H groups in total. The Bertz CT molecular complexity index is 1760. The zero-order valence-electron chi connectivity index (χ0n) is 20.4. The molecule has 8 nitrogen and oxygen atoms in total. The minimum Gasteiger partial charge on any atom is -0.351 e. The SMILES string of the molecule is CCNC(=O)c1[nH]c2c(=O)n(C)cc3c2c1CN(c1ccc(F)cc1F)c1ccc(CS(C)(=O)=O)cc1-3. The number of hydrogen-bond acceptors (Lipinski definition) is 5. The molecule has 0 radical (unpaired) electrons. The monoisotopic (exact) mass is 526 g/mol. The van der Waals surface area contributed by atoms with E-state index < -0.39 is 27.4 Å². The van der Waals surface area contributed by atoms with Crippen LogP contribution in [0.25, 0.3) is 22.0 Å². The van der Waals surface area contributed by atoms with E-state index in [1.165, 1.54) is 10.6 Å². The van der Waals surface area contributed by atoms with Gasteiger partial charge in [-0.3, -0.25) is 9.59 Å². The molecule has 1 aliphatic heterocycles. The number of rotatable bonds is 5. The van der Waals surface area contributed by atoms with Gasteiger partial charge in [0.05, 0.1) is 18.0 Å². The van der Waals surface area contributed by atoms with Crippen LogP contribution in [0, 0.1) is 11.6 Å². The third-order valence-electron chi connectivity index (χ3n) is 6.38. The number of aromatic nitrogens is 2. The van der Waals surface area contributed by atoms with E-state index in [1.807, 2.05) is 0 Å². The number of sulfone groups is 1. The molecule has 0 atom stereocenters. The molecule has 0 saturated heterocycles. The van der Waals surface area contributed by atoms with Crippen molar-refractivity contribution in [3.05, 3.63) is 81.4 Å². The van der Waals surface area contributed by atoms with Gasteiger partial charge in [0.15, 0.2) is 9.84 Å². The molecule has 1 amide bonds. The summed E-state index contributed by atoms with van der Waals surface area (Å²) in [6.07, 6.45) is 2.75. The molecule has 1 aliphatic rings. The second-order valence-corrected chi connectivity index (χ2v) is 11.3. The van der Waals surface area contributed by atoms with Crippen LogP contribution < -0.4 is 15.8 Å². The normalized spacial score (nSPS) is 12.9. The Morgan fingerprint density at radius 2 is 1.84 bits per heavy atom. The molecule has 3 heterocycles. The highest BCUT2D eigenvalue weighted by Gasteiger charge is 2.31. The summed E-state index contributed by atoms with van der Waals surface area (Å²) in [4.78, 5) is 30.7. The van der Waals surface area contributed by atoms with Crippen molar-refractivity contribution < 1.29 is 22.0 Å². The Labute approximate surface area is 211 Å². The number of nitrogens with zero attached hydrogens (tertiary/aromatic N) is 2. The molecule has 4 aromatic rings. The molecule has 2 aromatic heterocycles. The highest BCUT2D eigenvalue weighted by molar-refractivity contribution is 7.89. The minimum absolute atomic E-state index is 0.00634. The Kier molecular flexibility index (Phi) is 5.90. The number of H-pyrrole nitrogens is 1. The number of carbonyl (C=O) groups is 1. The Hall–Kier alpha value is -3.99. The molecule has 0 unspecified atom stereocenters. The van der Waals surface area contributed by atoms with Gasteiger partial charge in [-0.25, -0.2) is 17.2 Å². The molecule has 11 heteroatoms. The van der Waals surface area contributed by atoms with Crippen molar-refractivity contribution in [2.24, 2.45) is 7.05 Å². The first-order valence-corrected chi connectivity index (χ1v) is 13.6. The number of aromatic amines is 1. The van der Waals surface area contributed by atoms with Gasteiger partial charge in [0, 0.05) is 59.9 Å². The molecule has 2 aromatic carbocycles. The number of anilines is 2. The van der Waals surface area contributed by atoms with Gasteiger partial charge in [-0.1, -0.05) is 6.07 Å². The molecule has 0 bridgehead atoms. The highest BCUT2D eigenvalue weighted by atomic mass is 32.2. The lowest BCUT2D eigenvalue weighted by atomic mass is 9.99. The Morgan fingerprint density at radius 1 is 1.11 bits per heavy atom. The van der Waals surface area contributed by atoms with E-state index in [0.717, 1.165) is 18.4 Å². The van der Waals surface area contributed by atoms with Gasteiger partial charge >= 0.3 is 0 Å². The number of nitrogens with one attached hydrogen (secondary N) is 2. The molecule has 0 fully saturated rings. The average Bonchev–Trinajstić information content (AvgIpc) is 3.13. The van der Waals surface area contributed by atoms with Gasteiger partial charge < -0.3 is 19.8 Å². The molecular formula is C26H24F2N4O4S.